The van der Waals surface area contributed by atoms with E-state index < -0.39 is 4.92 Å². The van der Waals surface area contributed by atoms with Crippen molar-refractivity contribution < 1.29 is 4.92 Å². The number of pyridine rings is 1. The van der Waals surface area contributed by atoms with Crippen molar-refractivity contribution in [3.63, 3.8) is 0 Å². The van der Waals surface area contributed by atoms with Crippen molar-refractivity contribution in [3.8, 4) is 0 Å². The summed E-state index contributed by atoms with van der Waals surface area (Å²) in [4.78, 5) is 16.2. The second-order valence-corrected chi connectivity index (χ2v) is 4.31. The second kappa shape index (κ2) is 6.51. The Bertz CT molecular complexity index is 393. The lowest BCUT2D eigenvalue weighted by molar-refractivity contribution is -0.385. The van der Waals surface area contributed by atoms with E-state index in [1.807, 2.05) is 11.9 Å². The van der Waals surface area contributed by atoms with Crippen molar-refractivity contribution in [2.45, 2.75) is 18.9 Å². The molecule has 2 rings (SSSR count). The van der Waals surface area contributed by atoms with Gasteiger partial charge in [0.15, 0.2) is 0 Å². The van der Waals surface area contributed by atoms with Gasteiger partial charge in [-0.1, -0.05) is 0 Å². The summed E-state index contributed by atoms with van der Waals surface area (Å²) in [6.07, 6.45) is 3.69. The number of hydrogen-bond acceptors (Lipinski definition) is 5. The lowest BCUT2D eigenvalue weighted by atomic mass is 10.2. The van der Waals surface area contributed by atoms with E-state index in [0.717, 1.165) is 18.9 Å². The second-order valence-electron chi connectivity index (χ2n) is 4.31. The predicted molar refractivity (Wildman–Crippen MR) is 72.4 cm³/mol. The SMILES string of the molecule is CN(CC1CCCN1)c1ccc([N+](=O)[O-])cn1.Cl. The number of rotatable bonds is 4. The first-order chi connectivity index (χ1) is 8.16. The average Bonchev–Trinajstić information content (AvgIpc) is 2.82. The van der Waals surface area contributed by atoms with Crippen LogP contribution in [0.15, 0.2) is 18.3 Å². The minimum Gasteiger partial charge on any atom is -0.358 e. The highest BCUT2D eigenvalue weighted by atomic mass is 35.5. The third-order valence-electron chi connectivity index (χ3n) is 2.99. The summed E-state index contributed by atoms with van der Waals surface area (Å²) in [6.45, 7) is 1.96. The van der Waals surface area contributed by atoms with Crippen molar-refractivity contribution in [1.82, 2.24) is 10.3 Å². The van der Waals surface area contributed by atoms with Gasteiger partial charge in [-0.25, -0.2) is 4.98 Å². The molecule has 1 saturated heterocycles. The predicted octanol–water partition coefficient (Wildman–Crippen LogP) is 1.60. The Labute approximate surface area is 112 Å². The fourth-order valence-corrected chi connectivity index (χ4v) is 2.05. The molecule has 2 heterocycles. The summed E-state index contributed by atoms with van der Waals surface area (Å²) >= 11 is 0. The van der Waals surface area contributed by atoms with Crippen LogP contribution in [-0.2, 0) is 0 Å². The maximum Gasteiger partial charge on any atom is 0.287 e. The molecule has 1 aromatic heterocycles. The van der Waals surface area contributed by atoms with E-state index in [0.29, 0.717) is 6.04 Å². The molecule has 1 unspecified atom stereocenters. The highest BCUT2D eigenvalue weighted by molar-refractivity contribution is 5.85. The van der Waals surface area contributed by atoms with Gasteiger partial charge in [-0.3, -0.25) is 10.1 Å². The normalized spacial score (nSPS) is 18.2. The Morgan fingerprint density at radius 1 is 1.61 bits per heavy atom. The van der Waals surface area contributed by atoms with Gasteiger partial charge in [-0.05, 0) is 25.5 Å². The van der Waals surface area contributed by atoms with Crippen LogP contribution < -0.4 is 10.2 Å². The van der Waals surface area contributed by atoms with E-state index in [1.54, 1.807) is 6.07 Å². The molecule has 1 atom stereocenters. The number of likely N-dealkylation sites (N-methyl/N-ethyl adjacent to an activating group) is 1. The van der Waals surface area contributed by atoms with Crippen LogP contribution in [0.4, 0.5) is 11.5 Å². The molecule has 0 aromatic carbocycles. The molecular weight excluding hydrogens is 256 g/mol. The molecule has 6 nitrogen and oxygen atoms in total. The summed E-state index contributed by atoms with van der Waals surface area (Å²) in [5.41, 5.74) is 0.0288. The maximum atomic E-state index is 10.5. The van der Waals surface area contributed by atoms with Gasteiger partial charge in [-0.2, -0.15) is 0 Å². The monoisotopic (exact) mass is 272 g/mol. The summed E-state index contributed by atoms with van der Waals surface area (Å²) in [5, 5.41) is 13.9. The van der Waals surface area contributed by atoms with Gasteiger partial charge >= 0.3 is 0 Å². The molecule has 100 valence electrons. The van der Waals surface area contributed by atoms with Crippen molar-refractivity contribution in [2.75, 3.05) is 25.0 Å². The average molecular weight is 273 g/mol. The fraction of sp³-hybridized carbons (Fsp3) is 0.545. The largest absolute Gasteiger partial charge is 0.358 e. The maximum absolute atomic E-state index is 10.5. The molecule has 1 N–H and O–H groups in total. The minimum atomic E-state index is -0.435. The summed E-state index contributed by atoms with van der Waals surface area (Å²) in [6, 6.07) is 3.67. The van der Waals surface area contributed by atoms with Crippen molar-refractivity contribution in [2.24, 2.45) is 0 Å². The van der Waals surface area contributed by atoms with Crippen LogP contribution in [0.5, 0.6) is 0 Å². The van der Waals surface area contributed by atoms with Gasteiger partial charge in [0, 0.05) is 25.7 Å². The zero-order valence-electron chi connectivity index (χ0n) is 10.2. The zero-order chi connectivity index (χ0) is 12.3. The van der Waals surface area contributed by atoms with Crippen LogP contribution in [0, 0.1) is 10.1 Å². The van der Waals surface area contributed by atoms with Gasteiger partial charge in [0.1, 0.15) is 12.0 Å². The lowest BCUT2D eigenvalue weighted by Crippen LogP contribution is -2.35. The zero-order valence-corrected chi connectivity index (χ0v) is 11.0. The Morgan fingerprint density at radius 2 is 2.39 bits per heavy atom. The standard InChI is InChI=1S/C11H16N4O2.ClH/c1-14(8-9-3-2-6-12-9)11-5-4-10(7-13-11)15(16)17;/h4-5,7,9,12H,2-3,6,8H2,1H3;1H. The molecular formula is C11H17ClN4O2. The van der Waals surface area contributed by atoms with E-state index in [9.17, 15) is 10.1 Å². The van der Waals surface area contributed by atoms with Gasteiger partial charge < -0.3 is 10.2 Å². The smallest absolute Gasteiger partial charge is 0.287 e. The quantitative estimate of drug-likeness (QED) is 0.666. The highest BCUT2D eigenvalue weighted by Gasteiger charge is 2.17. The molecule has 7 heteroatoms. The van der Waals surface area contributed by atoms with Gasteiger partial charge in [-0.15, -0.1) is 12.4 Å². The van der Waals surface area contributed by atoms with Crippen LogP contribution in [0.25, 0.3) is 0 Å². The molecule has 18 heavy (non-hydrogen) atoms. The Kier molecular flexibility index (Phi) is 5.30. The van der Waals surface area contributed by atoms with Crippen molar-refractivity contribution in [3.05, 3.63) is 28.4 Å². The Morgan fingerprint density at radius 3 is 2.89 bits per heavy atom. The summed E-state index contributed by atoms with van der Waals surface area (Å²) in [7, 11) is 1.95. The van der Waals surface area contributed by atoms with Crippen LogP contribution in [0.3, 0.4) is 0 Å². The number of aromatic nitrogens is 1. The molecule has 1 fully saturated rings. The van der Waals surface area contributed by atoms with E-state index in [4.69, 9.17) is 0 Å². The molecule has 0 aliphatic carbocycles. The third-order valence-corrected chi connectivity index (χ3v) is 2.99. The van der Waals surface area contributed by atoms with Crippen LogP contribution in [-0.4, -0.2) is 36.1 Å². The number of nitro groups is 1. The molecule has 0 amide bonds. The number of nitrogens with one attached hydrogen (secondary N) is 1. The minimum absolute atomic E-state index is 0. The van der Waals surface area contributed by atoms with Crippen LogP contribution in [0.1, 0.15) is 12.8 Å². The van der Waals surface area contributed by atoms with E-state index in [-0.39, 0.29) is 18.1 Å². The first-order valence-electron chi connectivity index (χ1n) is 5.72. The molecule has 0 saturated carbocycles. The molecule has 0 radical (unpaired) electrons. The van der Waals surface area contributed by atoms with Crippen LogP contribution >= 0.6 is 12.4 Å². The van der Waals surface area contributed by atoms with E-state index in [2.05, 4.69) is 10.3 Å². The number of anilines is 1. The first-order valence-corrected chi connectivity index (χ1v) is 5.72. The molecule has 0 bridgehead atoms. The topological polar surface area (TPSA) is 71.3 Å². The van der Waals surface area contributed by atoms with Crippen molar-refractivity contribution in [1.29, 1.82) is 0 Å². The molecule has 1 aromatic rings. The fourth-order valence-electron chi connectivity index (χ4n) is 2.05. The van der Waals surface area contributed by atoms with Gasteiger partial charge in [0.2, 0.25) is 0 Å². The molecule has 1 aliphatic rings. The number of halogens is 1. The summed E-state index contributed by atoms with van der Waals surface area (Å²) in [5.74, 6) is 0.768. The lowest BCUT2D eigenvalue weighted by Gasteiger charge is -2.21. The van der Waals surface area contributed by atoms with Crippen molar-refractivity contribution >= 4 is 23.9 Å². The summed E-state index contributed by atoms with van der Waals surface area (Å²) < 4.78 is 0. The van der Waals surface area contributed by atoms with E-state index in [1.165, 1.54) is 25.1 Å². The molecule has 0 spiro atoms. The number of nitrogens with zero attached hydrogens (tertiary/aromatic N) is 3. The Hall–Kier alpha value is -1.40. The Balaban J connectivity index is 0.00000162. The first kappa shape index (κ1) is 14.7. The van der Waals surface area contributed by atoms with Crippen LogP contribution in [0.2, 0.25) is 0 Å². The van der Waals surface area contributed by atoms with Gasteiger partial charge in [0.05, 0.1) is 4.92 Å². The number of hydrogen-bond donors (Lipinski definition) is 1. The van der Waals surface area contributed by atoms with E-state index >= 15 is 0 Å². The highest BCUT2D eigenvalue weighted by Crippen LogP contribution is 2.16. The van der Waals surface area contributed by atoms with Gasteiger partial charge in [0.25, 0.3) is 5.69 Å². The third kappa shape index (κ3) is 3.54. The molecule has 1 aliphatic heterocycles.